The van der Waals surface area contributed by atoms with E-state index < -0.39 is 9.84 Å². The topological polar surface area (TPSA) is 69.7 Å². The summed E-state index contributed by atoms with van der Waals surface area (Å²) in [6, 6.07) is 7.19. The first-order valence-corrected chi connectivity index (χ1v) is 10.3. The lowest BCUT2D eigenvalue weighted by Crippen LogP contribution is -2.52. The van der Waals surface area contributed by atoms with Crippen molar-refractivity contribution < 1.29 is 13.2 Å². The highest BCUT2D eigenvalue weighted by Gasteiger charge is 2.33. The van der Waals surface area contributed by atoms with Gasteiger partial charge >= 0.3 is 0 Å². The fourth-order valence-corrected chi connectivity index (χ4v) is 5.17. The molecule has 2 aliphatic heterocycles. The van der Waals surface area contributed by atoms with E-state index in [9.17, 15) is 13.2 Å². The summed E-state index contributed by atoms with van der Waals surface area (Å²) >= 11 is 5.83. The predicted octanol–water partition coefficient (Wildman–Crippen LogP) is 1.08. The Kier molecular flexibility index (Phi) is 5.44. The molecule has 1 unspecified atom stereocenters. The van der Waals surface area contributed by atoms with Crippen LogP contribution >= 0.6 is 11.6 Å². The van der Waals surface area contributed by atoms with Crippen LogP contribution in [0.25, 0.3) is 0 Å². The Labute approximate surface area is 147 Å². The Morgan fingerprint density at radius 2 is 1.83 bits per heavy atom. The lowest BCUT2D eigenvalue weighted by atomic mass is 10.2. The van der Waals surface area contributed by atoms with Crippen molar-refractivity contribution in [3.63, 3.8) is 0 Å². The molecule has 1 N–H and O–H groups in total. The second-order valence-corrected chi connectivity index (χ2v) is 9.09. The van der Waals surface area contributed by atoms with Gasteiger partial charge in [0.1, 0.15) is 0 Å². The predicted molar refractivity (Wildman–Crippen MR) is 95.2 cm³/mol. The van der Waals surface area contributed by atoms with E-state index in [-0.39, 0.29) is 17.7 Å². The molecule has 2 saturated heterocycles. The summed E-state index contributed by atoms with van der Waals surface area (Å²) in [7, 11) is -2.84. The number of benzene rings is 1. The minimum absolute atomic E-state index is 0.0470. The molecule has 2 fully saturated rings. The number of hydrogen-bond donors (Lipinski definition) is 1. The third-order valence-corrected chi connectivity index (χ3v) is 6.63. The van der Waals surface area contributed by atoms with Crippen LogP contribution in [0.2, 0.25) is 5.02 Å². The highest BCUT2D eigenvalue weighted by atomic mass is 35.5. The summed E-state index contributed by atoms with van der Waals surface area (Å²) in [5.41, 5.74) is 0.735. The first kappa shape index (κ1) is 17.7. The first-order valence-electron chi connectivity index (χ1n) is 8.13. The molecule has 0 spiro atoms. The molecule has 24 heavy (non-hydrogen) atoms. The molecule has 1 atom stereocenters. The zero-order valence-electron chi connectivity index (χ0n) is 13.4. The van der Waals surface area contributed by atoms with Gasteiger partial charge in [-0.3, -0.25) is 14.6 Å². The van der Waals surface area contributed by atoms with Crippen molar-refractivity contribution in [2.45, 2.75) is 12.5 Å². The zero-order valence-corrected chi connectivity index (χ0v) is 15.0. The van der Waals surface area contributed by atoms with E-state index in [0.29, 0.717) is 17.3 Å². The van der Waals surface area contributed by atoms with Gasteiger partial charge in [-0.05, 0) is 30.7 Å². The lowest BCUT2D eigenvalue weighted by molar-refractivity contribution is -0.117. The Morgan fingerprint density at radius 3 is 2.42 bits per heavy atom. The van der Waals surface area contributed by atoms with E-state index in [2.05, 4.69) is 15.1 Å². The molecule has 1 aromatic carbocycles. The third kappa shape index (κ3) is 4.69. The molecule has 0 aliphatic carbocycles. The summed E-state index contributed by atoms with van der Waals surface area (Å²) in [6.07, 6.45) is 0.736. The number of nitrogens with zero attached hydrogens (tertiary/aromatic N) is 2. The second kappa shape index (κ2) is 7.39. The van der Waals surface area contributed by atoms with E-state index in [1.54, 1.807) is 24.3 Å². The number of piperazine rings is 1. The van der Waals surface area contributed by atoms with E-state index in [4.69, 9.17) is 11.6 Å². The van der Waals surface area contributed by atoms with Crippen LogP contribution in [-0.2, 0) is 14.6 Å². The van der Waals surface area contributed by atoms with Crippen LogP contribution in [0.1, 0.15) is 6.42 Å². The maximum absolute atomic E-state index is 12.1. The van der Waals surface area contributed by atoms with Crippen molar-refractivity contribution in [1.82, 2.24) is 9.80 Å². The van der Waals surface area contributed by atoms with Crippen molar-refractivity contribution in [3.8, 4) is 0 Å². The molecular formula is C16H22ClN3O3S. The standard InChI is InChI=1S/C16H22ClN3O3S/c17-13-1-3-14(4-2-13)18-16(21)11-19-6-8-20(9-7-19)15-5-10-24(22,23)12-15/h1-4,15H,5-12H2,(H,18,21). The number of sulfone groups is 1. The Bertz CT molecular complexity index is 685. The summed E-state index contributed by atoms with van der Waals surface area (Å²) in [5.74, 6) is 0.542. The van der Waals surface area contributed by atoms with Crippen LogP contribution in [0.3, 0.4) is 0 Å². The smallest absolute Gasteiger partial charge is 0.238 e. The van der Waals surface area contributed by atoms with Crippen molar-refractivity contribution in [2.75, 3.05) is 49.5 Å². The number of rotatable bonds is 4. The number of amides is 1. The van der Waals surface area contributed by atoms with Crippen molar-refractivity contribution >= 4 is 33.0 Å². The van der Waals surface area contributed by atoms with Gasteiger partial charge in [0.15, 0.2) is 9.84 Å². The van der Waals surface area contributed by atoms with Gasteiger partial charge in [-0.2, -0.15) is 0 Å². The number of carbonyl (C=O) groups is 1. The van der Waals surface area contributed by atoms with Crippen molar-refractivity contribution in [1.29, 1.82) is 0 Å². The molecule has 0 bridgehead atoms. The van der Waals surface area contributed by atoms with Crippen LogP contribution in [-0.4, -0.2) is 74.4 Å². The molecule has 6 nitrogen and oxygen atoms in total. The van der Waals surface area contributed by atoms with Gasteiger partial charge in [-0.1, -0.05) is 11.6 Å². The van der Waals surface area contributed by atoms with Crippen LogP contribution in [0.15, 0.2) is 24.3 Å². The van der Waals surface area contributed by atoms with Crippen LogP contribution in [0, 0.1) is 0 Å². The summed E-state index contributed by atoms with van der Waals surface area (Å²) in [6.45, 7) is 3.54. The normalized spacial score (nSPS) is 24.8. The minimum atomic E-state index is -2.84. The molecular weight excluding hydrogens is 350 g/mol. The number of anilines is 1. The van der Waals surface area contributed by atoms with Crippen LogP contribution < -0.4 is 5.32 Å². The zero-order chi connectivity index (χ0) is 17.2. The lowest BCUT2D eigenvalue weighted by Gasteiger charge is -2.37. The van der Waals surface area contributed by atoms with Crippen LogP contribution in [0.4, 0.5) is 5.69 Å². The highest BCUT2D eigenvalue weighted by Crippen LogP contribution is 2.19. The molecule has 8 heteroatoms. The Hall–Kier alpha value is -1.15. The molecule has 2 heterocycles. The molecule has 0 radical (unpaired) electrons. The average molecular weight is 372 g/mol. The number of carbonyl (C=O) groups excluding carboxylic acids is 1. The Balaban J connectivity index is 1.43. The van der Waals surface area contributed by atoms with E-state index in [0.717, 1.165) is 38.3 Å². The van der Waals surface area contributed by atoms with E-state index >= 15 is 0 Å². The van der Waals surface area contributed by atoms with Gasteiger partial charge in [0.2, 0.25) is 5.91 Å². The fraction of sp³-hybridized carbons (Fsp3) is 0.562. The van der Waals surface area contributed by atoms with Gasteiger partial charge in [-0.25, -0.2) is 8.42 Å². The van der Waals surface area contributed by atoms with Crippen molar-refractivity contribution in [3.05, 3.63) is 29.3 Å². The van der Waals surface area contributed by atoms with Gasteiger partial charge in [0.25, 0.3) is 0 Å². The van der Waals surface area contributed by atoms with Gasteiger partial charge < -0.3 is 5.32 Å². The first-order chi connectivity index (χ1) is 11.4. The molecule has 132 valence electrons. The maximum Gasteiger partial charge on any atom is 0.238 e. The number of hydrogen-bond acceptors (Lipinski definition) is 5. The van der Waals surface area contributed by atoms with Crippen molar-refractivity contribution in [2.24, 2.45) is 0 Å². The molecule has 0 aromatic heterocycles. The summed E-state index contributed by atoms with van der Waals surface area (Å²) in [5, 5.41) is 3.50. The van der Waals surface area contributed by atoms with Gasteiger partial charge in [0, 0.05) is 42.9 Å². The van der Waals surface area contributed by atoms with Gasteiger partial charge in [-0.15, -0.1) is 0 Å². The number of halogens is 1. The minimum Gasteiger partial charge on any atom is -0.325 e. The van der Waals surface area contributed by atoms with Gasteiger partial charge in [0.05, 0.1) is 18.1 Å². The SMILES string of the molecule is O=C(CN1CCN(C2CCS(=O)(=O)C2)CC1)Nc1ccc(Cl)cc1. The third-order valence-electron chi connectivity index (χ3n) is 4.63. The highest BCUT2D eigenvalue weighted by molar-refractivity contribution is 7.91. The summed E-state index contributed by atoms with van der Waals surface area (Å²) < 4.78 is 23.2. The molecule has 1 amide bonds. The second-order valence-electron chi connectivity index (χ2n) is 6.42. The average Bonchev–Trinajstić information content (AvgIpc) is 2.90. The molecule has 2 aliphatic rings. The number of nitrogens with one attached hydrogen (secondary N) is 1. The Morgan fingerprint density at radius 1 is 1.17 bits per heavy atom. The largest absolute Gasteiger partial charge is 0.325 e. The van der Waals surface area contributed by atoms with E-state index in [1.807, 2.05) is 0 Å². The quantitative estimate of drug-likeness (QED) is 0.857. The molecule has 1 aromatic rings. The van der Waals surface area contributed by atoms with Crippen LogP contribution in [0.5, 0.6) is 0 Å². The monoisotopic (exact) mass is 371 g/mol. The molecule has 3 rings (SSSR count). The maximum atomic E-state index is 12.1. The molecule has 0 saturated carbocycles. The fourth-order valence-electron chi connectivity index (χ4n) is 3.29. The van der Waals surface area contributed by atoms with E-state index in [1.165, 1.54) is 0 Å². The summed E-state index contributed by atoms with van der Waals surface area (Å²) in [4.78, 5) is 16.5.